The predicted octanol–water partition coefficient (Wildman–Crippen LogP) is 1.16. The number of amides is 2. The Morgan fingerprint density at radius 3 is 2.71 bits per heavy atom. The summed E-state index contributed by atoms with van der Waals surface area (Å²) in [4.78, 5) is 56.9. The average Bonchev–Trinajstić information content (AvgIpc) is 3.32. The number of hydrogen-bond acceptors (Lipinski definition) is 10. The second kappa shape index (κ2) is 11.6. The maximum atomic E-state index is 13.1. The molecule has 35 heavy (non-hydrogen) atoms. The lowest BCUT2D eigenvalue weighted by Crippen LogP contribution is -2.71. The van der Waals surface area contributed by atoms with Crippen molar-refractivity contribution >= 4 is 72.1 Å². The van der Waals surface area contributed by atoms with Crippen molar-refractivity contribution in [2.45, 2.75) is 38.0 Å². The summed E-state index contributed by atoms with van der Waals surface area (Å²) >= 11 is 3.61. The van der Waals surface area contributed by atoms with Gasteiger partial charge in [0.2, 0.25) is 14.9 Å². The maximum absolute atomic E-state index is 13.1. The molecule has 0 saturated carbocycles. The number of alkyl halides is 1. The molecule has 2 amide bonds. The van der Waals surface area contributed by atoms with Gasteiger partial charge < -0.3 is 19.3 Å². The molecular formula is C20H26IN5O7SSi. The van der Waals surface area contributed by atoms with Gasteiger partial charge in [0.05, 0.1) is 12.3 Å². The van der Waals surface area contributed by atoms with E-state index in [9.17, 15) is 19.2 Å². The number of nitrogens with zero attached hydrogens (tertiary/aromatic N) is 3. The minimum absolute atomic E-state index is 0.181. The summed E-state index contributed by atoms with van der Waals surface area (Å²) in [6.45, 7) is 7.03. The highest BCUT2D eigenvalue weighted by Gasteiger charge is 2.54. The largest absolute Gasteiger partial charge is 0.515 e. The van der Waals surface area contributed by atoms with Crippen molar-refractivity contribution in [1.82, 2.24) is 20.4 Å². The molecule has 1 saturated heterocycles. The van der Waals surface area contributed by atoms with E-state index in [0.29, 0.717) is 10.2 Å². The number of rotatable bonds is 10. The Bertz CT molecular complexity index is 1060. The number of oxime groups is 1. The normalized spacial score (nSPS) is 20.1. The maximum Gasteiger partial charge on any atom is 0.347 e. The van der Waals surface area contributed by atoms with Gasteiger partial charge in [-0.3, -0.25) is 19.6 Å². The zero-order chi connectivity index (χ0) is 25.8. The molecule has 2 aliphatic heterocycles. The number of aromatic amines is 1. The van der Waals surface area contributed by atoms with Crippen LogP contribution in [0.15, 0.2) is 28.7 Å². The van der Waals surface area contributed by atoms with Crippen molar-refractivity contribution in [2.24, 2.45) is 5.16 Å². The van der Waals surface area contributed by atoms with Gasteiger partial charge in [-0.05, 0) is 38.2 Å². The molecule has 0 bridgehead atoms. The average molecular weight is 636 g/mol. The van der Waals surface area contributed by atoms with E-state index in [1.54, 1.807) is 6.92 Å². The van der Waals surface area contributed by atoms with E-state index in [1.807, 2.05) is 19.6 Å². The quantitative estimate of drug-likeness (QED) is 0.0734. The van der Waals surface area contributed by atoms with Gasteiger partial charge in [0.25, 0.3) is 11.8 Å². The van der Waals surface area contributed by atoms with Gasteiger partial charge in [0, 0.05) is 16.4 Å². The van der Waals surface area contributed by atoms with E-state index >= 15 is 0 Å². The first kappa shape index (κ1) is 27.2. The summed E-state index contributed by atoms with van der Waals surface area (Å²) in [7, 11) is -2.18. The Balaban J connectivity index is 1.75. The number of carbonyl (C=O) groups excluding carboxylic acids is 4. The van der Waals surface area contributed by atoms with Crippen LogP contribution in [0, 0.1) is 0 Å². The van der Waals surface area contributed by atoms with E-state index in [1.165, 1.54) is 28.9 Å². The van der Waals surface area contributed by atoms with Gasteiger partial charge in [0.1, 0.15) is 17.1 Å². The van der Waals surface area contributed by atoms with E-state index in [2.05, 4.69) is 43.3 Å². The summed E-state index contributed by atoms with van der Waals surface area (Å²) in [5, 5.41) is 12.4. The van der Waals surface area contributed by atoms with Crippen LogP contribution < -0.4 is 5.32 Å². The standard InChI is InChI=1S/C20H26IN5O7SSi/c1-5-31-13(27)9-32-25-14(12-6-7-22-24-12)17(28)23-15-18(29)26-16(20(30)33-35(2,3)4)11(8-21)10-34-19(15)26/h6-7,15,19H,5,8-10H2,1-4H3,(H,22,24)(H,23,28)/t15?,19-/m0/s1. The number of aromatic nitrogens is 2. The van der Waals surface area contributed by atoms with E-state index in [0.717, 1.165) is 5.57 Å². The number of halogens is 1. The van der Waals surface area contributed by atoms with E-state index in [-0.39, 0.29) is 23.7 Å². The van der Waals surface area contributed by atoms with Crippen molar-refractivity contribution in [3.63, 3.8) is 0 Å². The van der Waals surface area contributed by atoms with Crippen LogP contribution in [0.2, 0.25) is 19.6 Å². The topological polar surface area (TPSA) is 152 Å². The van der Waals surface area contributed by atoms with Gasteiger partial charge in [-0.25, -0.2) is 9.59 Å². The van der Waals surface area contributed by atoms with Crippen molar-refractivity contribution in [1.29, 1.82) is 0 Å². The fraction of sp³-hybridized carbons (Fsp3) is 0.500. The van der Waals surface area contributed by atoms with Crippen LogP contribution in [0.1, 0.15) is 12.6 Å². The van der Waals surface area contributed by atoms with Crippen LogP contribution in [0.25, 0.3) is 0 Å². The van der Waals surface area contributed by atoms with Crippen LogP contribution in [0.5, 0.6) is 0 Å². The molecule has 2 N–H and O–H groups in total. The summed E-state index contributed by atoms with van der Waals surface area (Å²) in [6.07, 6.45) is 1.42. The number of thioether (sulfide) groups is 1. The Labute approximate surface area is 220 Å². The van der Waals surface area contributed by atoms with Crippen molar-refractivity contribution in [2.75, 3.05) is 23.4 Å². The first-order valence-electron chi connectivity index (χ1n) is 10.7. The van der Waals surface area contributed by atoms with Crippen LogP contribution in [-0.2, 0) is 33.2 Å². The van der Waals surface area contributed by atoms with Gasteiger partial charge >= 0.3 is 11.9 Å². The number of esters is 1. The third-order valence-corrected chi connectivity index (χ3v) is 7.76. The molecule has 0 aromatic carbocycles. The number of carbonyl (C=O) groups is 4. The Hall–Kier alpha value is -2.40. The molecule has 3 heterocycles. The van der Waals surface area contributed by atoms with Gasteiger partial charge in [-0.15, -0.1) is 11.8 Å². The molecule has 0 aliphatic carbocycles. The van der Waals surface area contributed by atoms with Crippen LogP contribution >= 0.6 is 34.4 Å². The Kier molecular flexibility index (Phi) is 8.98. The van der Waals surface area contributed by atoms with Crippen molar-refractivity contribution < 1.29 is 33.2 Å². The zero-order valence-corrected chi connectivity index (χ0v) is 23.6. The molecule has 15 heteroatoms. The fourth-order valence-electron chi connectivity index (χ4n) is 3.26. The molecule has 1 aromatic rings. The molecule has 0 radical (unpaired) electrons. The highest BCUT2D eigenvalue weighted by molar-refractivity contribution is 14.1. The van der Waals surface area contributed by atoms with Crippen molar-refractivity contribution in [3.05, 3.63) is 29.2 Å². The number of ether oxygens (including phenoxy) is 1. The van der Waals surface area contributed by atoms with Crippen LogP contribution in [-0.4, -0.2) is 87.7 Å². The second-order valence-corrected chi connectivity index (χ2v) is 14.7. The lowest BCUT2D eigenvalue weighted by atomic mass is 10.0. The molecular weight excluding hydrogens is 609 g/mol. The number of β-lactam (4-membered cyclic amide) rings is 1. The molecule has 1 fully saturated rings. The molecule has 1 aromatic heterocycles. The van der Waals surface area contributed by atoms with E-state index < -0.39 is 50.1 Å². The summed E-state index contributed by atoms with van der Waals surface area (Å²) in [5.41, 5.74) is 1.13. The summed E-state index contributed by atoms with van der Waals surface area (Å²) in [5.74, 6) is -1.74. The second-order valence-electron chi connectivity index (χ2n) is 8.44. The highest BCUT2D eigenvalue weighted by atomic mass is 127. The third kappa shape index (κ3) is 6.43. The molecule has 190 valence electrons. The molecule has 12 nitrogen and oxygen atoms in total. The van der Waals surface area contributed by atoms with Gasteiger partial charge in [-0.1, -0.05) is 27.7 Å². The van der Waals surface area contributed by atoms with Gasteiger partial charge in [-0.2, -0.15) is 5.10 Å². The molecule has 2 aliphatic rings. The number of fused-ring (bicyclic) bond motifs is 1. The lowest BCUT2D eigenvalue weighted by molar-refractivity contribution is -0.149. The smallest absolute Gasteiger partial charge is 0.347 e. The lowest BCUT2D eigenvalue weighted by Gasteiger charge is -2.49. The Morgan fingerprint density at radius 2 is 2.11 bits per heavy atom. The van der Waals surface area contributed by atoms with Crippen LogP contribution in [0.3, 0.4) is 0 Å². The molecule has 3 rings (SSSR count). The Morgan fingerprint density at radius 1 is 1.37 bits per heavy atom. The monoisotopic (exact) mass is 635 g/mol. The zero-order valence-electron chi connectivity index (χ0n) is 19.6. The predicted molar refractivity (Wildman–Crippen MR) is 138 cm³/mol. The van der Waals surface area contributed by atoms with Gasteiger partial charge in [0.15, 0.2) is 5.71 Å². The van der Waals surface area contributed by atoms with Crippen LogP contribution in [0.4, 0.5) is 0 Å². The first-order chi connectivity index (χ1) is 16.6. The number of nitrogens with one attached hydrogen (secondary N) is 2. The first-order valence-corrected chi connectivity index (χ1v) is 16.7. The molecule has 0 spiro atoms. The van der Waals surface area contributed by atoms with Crippen molar-refractivity contribution in [3.8, 4) is 0 Å². The SMILES string of the molecule is CCOC(=O)CON=C(C(=O)NC1C(=O)N2C(C(=O)O[Si](C)(C)C)=C(CI)CS[C@@H]12)c1ccn[nH]1. The summed E-state index contributed by atoms with van der Waals surface area (Å²) in [6, 6.07) is 0.618. The van der Waals surface area contributed by atoms with E-state index in [4.69, 9.17) is 14.0 Å². The minimum atomic E-state index is -2.18. The third-order valence-electron chi connectivity index (χ3n) is 4.70. The molecule has 1 unspecified atom stereocenters. The summed E-state index contributed by atoms with van der Waals surface area (Å²) < 4.78 is 11.0. The molecule has 2 atom stereocenters. The number of H-pyrrole nitrogens is 1. The number of hydrogen-bond donors (Lipinski definition) is 2. The fourth-order valence-corrected chi connectivity index (χ4v) is 6.26. The highest BCUT2D eigenvalue weighted by Crippen LogP contribution is 2.41. The minimum Gasteiger partial charge on any atom is -0.515 e.